The molecule has 5 heteroatoms. The van der Waals surface area contributed by atoms with Gasteiger partial charge in [-0.15, -0.1) is 11.3 Å². The van der Waals surface area contributed by atoms with E-state index >= 15 is 0 Å². The molecule has 2 fully saturated rings. The standard InChI is InChI=1S/C15H22N2O2S/c1-11-5-8-20-14(11)15(18)16-12-9-19-10-13(12)17-6-3-2-4-7-17/h5,8,12-13H,2-4,6-7,9-10H2,1H3,(H,16,18)/t12-,13-/m0/s1. The van der Waals surface area contributed by atoms with Gasteiger partial charge in [0.15, 0.2) is 0 Å². The molecular formula is C15H22N2O2S. The highest BCUT2D eigenvalue weighted by atomic mass is 32.1. The molecule has 0 aromatic carbocycles. The minimum absolute atomic E-state index is 0.0509. The molecule has 0 bridgehead atoms. The molecule has 3 heterocycles. The Hall–Kier alpha value is -0.910. The second kappa shape index (κ2) is 6.24. The number of hydrogen-bond donors (Lipinski definition) is 1. The van der Waals surface area contributed by atoms with Crippen LogP contribution in [0.5, 0.6) is 0 Å². The maximum atomic E-state index is 12.3. The van der Waals surface area contributed by atoms with Crippen molar-refractivity contribution >= 4 is 17.2 Å². The molecule has 0 spiro atoms. The van der Waals surface area contributed by atoms with Gasteiger partial charge in [-0.25, -0.2) is 0 Å². The fourth-order valence-corrected chi connectivity index (χ4v) is 3.96. The van der Waals surface area contributed by atoms with Crippen LogP contribution in [0.4, 0.5) is 0 Å². The Labute approximate surface area is 124 Å². The van der Waals surface area contributed by atoms with E-state index in [9.17, 15) is 4.79 Å². The third-order valence-electron chi connectivity index (χ3n) is 4.29. The SMILES string of the molecule is Cc1ccsc1C(=O)N[C@H]1COC[C@@H]1N1CCCCC1. The molecule has 0 unspecified atom stereocenters. The predicted molar refractivity (Wildman–Crippen MR) is 80.3 cm³/mol. The van der Waals surface area contributed by atoms with E-state index in [0.717, 1.165) is 30.1 Å². The number of nitrogens with one attached hydrogen (secondary N) is 1. The Morgan fingerprint density at radius 3 is 2.85 bits per heavy atom. The maximum Gasteiger partial charge on any atom is 0.261 e. The van der Waals surface area contributed by atoms with E-state index in [1.54, 1.807) is 0 Å². The number of thiophene rings is 1. The van der Waals surface area contributed by atoms with E-state index in [0.29, 0.717) is 12.6 Å². The van der Waals surface area contributed by atoms with E-state index in [1.165, 1.54) is 30.6 Å². The summed E-state index contributed by atoms with van der Waals surface area (Å²) in [5, 5.41) is 5.14. The Morgan fingerprint density at radius 2 is 2.15 bits per heavy atom. The molecule has 2 aliphatic heterocycles. The van der Waals surface area contributed by atoms with Gasteiger partial charge in [0.05, 0.1) is 30.2 Å². The van der Waals surface area contributed by atoms with Crippen molar-refractivity contribution in [2.75, 3.05) is 26.3 Å². The van der Waals surface area contributed by atoms with Crippen LogP contribution < -0.4 is 5.32 Å². The summed E-state index contributed by atoms with van der Waals surface area (Å²) in [4.78, 5) is 15.7. The van der Waals surface area contributed by atoms with E-state index in [2.05, 4.69) is 10.2 Å². The smallest absolute Gasteiger partial charge is 0.261 e. The van der Waals surface area contributed by atoms with E-state index in [4.69, 9.17) is 4.74 Å². The van der Waals surface area contributed by atoms with Crippen molar-refractivity contribution in [3.05, 3.63) is 21.9 Å². The lowest BCUT2D eigenvalue weighted by atomic mass is 10.0. The maximum absolute atomic E-state index is 12.3. The summed E-state index contributed by atoms with van der Waals surface area (Å²) in [6.07, 6.45) is 3.86. The minimum atomic E-state index is 0.0509. The summed E-state index contributed by atoms with van der Waals surface area (Å²) in [5.74, 6) is 0.0509. The van der Waals surface area contributed by atoms with Crippen LogP contribution in [0, 0.1) is 6.92 Å². The zero-order chi connectivity index (χ0) is 13.9. The van der Waals surface area contributed by atoms with Crippen LogP contribution in [0.25, 0.3) is 0 Å². The van der Waals surface area contributed by atoms with Gasteiger partial charge in [0.25, 0.3) is 5.91 Å². The Balaban J connectivity index is 1.64. The number of ether oxygens (including phenoxy) is 1. The first-order chi connectivity index (χ1) is 9.75. The van der Waals surface area contributed by atoms with Gasteiger partial charge >= 0.3 is 0 Å². The van der Waals surface area contributed by atoms with Crippen molar-refractivity contribution in [1.29, 1.82) is 0 Å². The van der Waals surface area contributed by atoms with Crippen molar-refractivity contribution in [3.8, 4) is 0 Å². The zero-order valence-electron chi connectivity index (χ0n) is 11.9. The second-order valence-corrected chi connectivity index (χ2v) is 6.63. The van der Waals surface area contributed by atoms with Crippen LogP contribution in [-0.4, -0.2) is 49.2 Å². The first kappa shape index (κ1) is 14.0. The lowest BCUT2D eigenvalue weighted by molar-refractivity contribution is 0.0903. The van der Waals surface area contributed by atoms with Crippen molar-refractivity contribution in [2.24, 2.45) is 0 Å². The molecule has 20 heavy (non-hydrogen) atoms. The summed E-state index contributed by atoms with van der Waals surface area (Å²) in [7, 11) is 0. The molecule has 3 rings (SSSR count). The average Bonchev–Trinajstić information content (AvgIpc) is 3.08. The molecule has 0 radical (unpaired) electrons. The minimum Gasteiger partial charge on any atom is -0.378 e. The third-order valence-corrected chi connectivity index (χ3v) is 5.31. The Bertz CT molecular complexity index is 468. The highest BCUT2D eigenvalue weighted by Gasteiger charge is 2.34. The monoisotopic (exact) mass is 294 g/mol. The average molecular weight is 294 g/mol. The fourth-order valence-electron chi connectivity index (χ4n) is 3.13. The largest absolute Gasteiger partial charge is 0.378 e. The number of nitrogens with zero attached hydrogens (tertiary/aromatic N) is 1. The van der Waals surface area contributed by atoms with Gasteiger partial charge < -0.3 is 10.1 Å². The normalized spacial score (nSPS) is 27.6. The molecule has 1 aromatic rings. The van der Waals surface area contributed by atoms with Crippen LogP contribution in [0.1, 0.15) is 34.5 Å². The molecular weight excluding hydrogens is 272 g/mol. The number of rotatable bonds is 3. The van der Waals surface area contributed by atoms with Gasteiger partial charge in [0.1, 0.15) is 0 Å². The van der Waals surface area contributed by atoms with Crippen LogP contribution >= 0.6 is 11.3 Å². The highest BCUT2D eigenvalue weighted by molar-refractivity contribution is 7.12. The summed E-state index contributed by atoms with van der Waals surface area (Å²) in [5.41, 5.74) is 1.06. The van der Waals surface area contributed by atoms with Crippen molar-refractivity contribution in [2.45, 2.75) is 38.3 Å². The summed E-state index contributed by atoms with van der Waals surface area (Å²) >= 11 is 1.51. The number of aryl methyl sites for hydroxylation is 1. The quantitative estimate of drug-likeness (QED) is 0.927. The van der Waals surface area contributed by atoms with Gasteiger partial charge in [-0.05, 0) is 49.9 Å². The van der Waals surface area contributed by atoms with Gasteiger partial charge in [0.2, 0.25) is 0 Å². The van der Waals surface area contributed by atoms with E-state index < -0.39 is 0 Å². The topological polar surface area (TPSA) is 41.6 Å². The van der Waals surface area contributed by atoms with Crippen molar-refractivity contribution in [1.82, 2.24) is 10.2 Å². The number of hydrogen-bond acceptors (Lipinski definition) is 4. The van der Waals surface area contributed by atoms with Crippen molar-refractivity contribution < 1.29 is 9.53 Å². The molecule has 4 nitrogen and oxygen atoms in total. The van der Waals surface area contributed by atoms with Gasteiger partial charge in [0, 0.05) is 0 Å². The number of carbonyl (C=O) groups is 1. The van der Waals surface area contributed by atoms with Crippen LogP contribution in [0.2, 0.25) is 0 Å². The first-order valence-electron chi connectivity index (χ1n) is 7.42. The van der Waals surface area contributed by atoms with Gasteiger partial charge in [-0.2, -0.15) is 0 Å². The number of likely N-dealkylation sites (tertiary alicyclic amines) is 1. The van der Waals surface area contributed by atoms with E-state index in [1.807, 2.05) is 18.4 Å². The summed E-state index contributed by atoms with van der Waals surface area (Å²) in [6.45, 7) is 5.64. The number of piperidine rings is 1. The molecule has 1 N–H and O–H groups in total. The molecule has 1 aromatic heterocycles. The summed E-state index contributed by atoms with van der Waals surface area (Å²) < 4.78 is 5.62. The fraction of sp³-hybridized carbons (Fsp3) is 0.667. The van der Waals surface area contributed by atoms with Crippen LogP contribution in [0.15, 0.2) is 11.4 Å². The van der Waals surface area contributed by atoms with Crippen molar-refractivity contribution in [3.63, 3.8) is 0 Å². The van der Waals surface area contributed by atoms with Crippen LogP contribution in [0.3, 0.4) is 0 Å². The molecule has 2 aliphatic rings. The van der Waals surface area contributed by atoms with Gasteiger partial charge in [-0.3, -0.25) is 9.69 Å². The summed E-state index contributed by atoms with van der Waals surface area (Å²) in [6, 6.07) is 2.47. The highest BCUT2D eigenvalue weighted by Crippen LogP contribution is 2.20. The molecule has 2 saturated heterocycles. The zero-order valence-corrected chi connectivity index (χ0v) is 12.7. The molecule has 1 amide bonds. The third kappa shape index (κ3) is 2.90. The van der Waals surface area contributed by atoms with Gasteiger partial charge in [-0.1, -0.05) is 6.42 Å². The molecule has 2 atom stereocenters. The predicted octanol–water partition coefficient (Wildman–Crippen LogP) is 2.04. The lowest BCUT2D eigenvalue weighted by Gasteiger charge is -2.34. The Morgan fingerprint density at radius 1 is 1.35 bits per heavy atom. The second-order valence-electron chi connectivity index (χ2n) is 5.71. The molecule has 0 saturated carbocycles. The van der Waals surface area contributed by atoms with Crippen LogP contribution in [-0.2, 0) is 4.74 Å². The molecule has 0 aliphatic carbocycles. The number of amides is 1. The lowest BCUT2D eigenvalue weighted by Crippen LogP contribution is -2.52. The number of carbonyl (C=O) groups excluding carboxylic acids is 1. The van der Waals surface area contributed by atoms with E-state index in [-0.39, 0.29) is 11.9 Å². The Kier molecular flexibility index (Phi) is 4.38. The molecule has 110 valence electrons. The first-order valence-corrected chi connectivity index (χ1v) is 8.30.